The van der Waals surface area contributed by atoms with Crippen molar-refractivity contribution in [3.63, 3.8) is 0 Å². The van der Waals surface area contributed by atoms with Gasteiger partial charge in [0.25, 0.3) is 0 Å². The molecule has 110 valence electrons. The van der Waals surface area contributed by atoms with E-state index in [-0.39, 0.29) is 0 Å². The monoisotopic (exact) mass is 275 g/mol. The number of nitrogens with one attached hydrogen (secondary N) is 1. The van der Waals surface area contributed by atoms with Crippen molar-refractivity contribution in [3.8, 4) is 0 Å². The summed E-state index contributed by atoms with van der Waals surface area (Å²) in [5.74, 6) is 0. The van der Waals surface area contributed by atoms with Crippen molar-refractivity contribution < 1.29 is 4.79 Å². The molecule has 0 atom stereocenters. The molecule has 0 radical (unpaired) electrons. The number of carbonyl (C=O) groups is 1. The highest BCUT2D eigenvalue weighted by atomic mass is 16.1. The van der Waals surface area contributed by atoms with Crippen LogP contribution in [0.25, 0.3) is 0 Å². The van der Waals surface area contributed by atoms with E-state index in [1.807, 2.05) is 0 Å². The van der Waals surface area contributed by atoms with Gasteiger partial charge in [0.15, 0.2) is 0 Å². The molecular formula is C16H25N3O. The van der Waals surface area contributed by atoms with Crippen molar-refractivity contribution >= 4 is 6.41 Å². The van der Waals surface area contributed by atoms with Crippen LogP contribution < -0.4 is 5.32 Å². The molecule has 1 amide bonds. The second-order valence-electron chi connectivity index (χ2n) is 5.69. The van der Waals surface area contributed by atoms with Gasteiger partial charge in [0.2, 0.25) is 6.41 Å². The van der Waals surface area contributed by atoms with Crippen LogP contribution in [0.1, 0.15) is 23.1 Å². The van der Waals surface area contributed by atoms with Crippen molar-refractivity contribution in [2.75, 3.05) is 33.2 Å². The molecule has 1 N–H and O–H groups in total. The molecule has 0 unspecified atom stereocenters. The second kappa shape index (κ2) is 7.41. The Morgan fingerprint density at radius 1 is 1.25 bits per heavy atom. The summed E-state index contributed by atoms with van der Waals surface area (Å²) in [7, 11) is 2.19. The van der Waals surface area contributed by atoms with Crippen LogP contribution in [0.5, 0.6) is 0 Å². The summed E-state index contributed by atoms with van der Waals surface area (Å²) in [6.45, 7) is 8.34. The van der Waals surface area contributed by atoms with Gasteiger partial charge in [0.05, 0.1) is 0 Å². The van der Waals surface area contributed by atoms with E-state index >= 15 is 0 Å². The van der Waals surface area contributed by atoms with Gasteiger partial charge in [-0.2, -0.15) is 0 Å². The molecule has 4 nitrogen and oxygen atoms in total. The molecule has 20 heavy (non-hydrogen) atoms. The molecule has 1 saturated heterocycles. The summed E-state index contributed by atoms with van der Waals surface area (Å²) in [4.78, 5) is 15.4. The van der Waals surface area contributed by atoms with Gasteiger partial charge in [0, 0.05) is 26.2 Å². The third-order valence-corrected chi connectivity index (χ3v) is 4.01. The van der Waals surface area contributed by atoms with E-state index in [9.17, 15) is 4.79 Å². The van der Waals surface area contributed by atoms with Crippen LogP contribution in [0.4, 0.5) is 0 Å². The summed E-state index contributed by atoms with van der Waals surface area (Å²) >= 11 is 0. The van der Waals surface area contributed by atoms with Crippen molar-refractivity contribution in [3.05, 3.63) is 34.9 Å². The van der Waals surface area contributed by atoms with E-state index in [2.05, 4.69) is 47.3 Å². The van der Waals surface area contributed by atoms with Crippen LogP contribution in [0, 0.1) is 6.92 Å². The number of aryl methyl sites for hydroxylation is 1. The minimum atomic E-state index is 0.617. The van der Waals surface area contributed by atoms with E-state index in [0.29, 0.717) is 6.54 Å². The lowest BCUT2D eigenvalue weighted by Gasteiger charge is -2.20. The molecular weight excluding hydrogens is 250 g/mol. The number of likely N-dealkylation sites (N-methyl/N-ethyl adjacent to an activating group) is 1. The van der Waals surface area contributed by atoms with Gasteiger partial charge in [-0.1, -0.05) is 18.2 Å². The average Bonchev–Trinajstić information content (AvgIpc) is 2.64. The number of hydrogen-bond donors (Lipinski definition) is 1. The molecule has 1 aliphatic rings. The molecule has 1 aliphatic heterocycles. The normalized spacial score (nSPS) is 17.7. The Hall–Kier alpha value is -1.39. The summed E-state index contributed by atoms with van der Waals surface area (Å²) in [5, 5.41) is 2.75. The van der Waals surface area contributed by atoms with Crippen LogP contribution in [0.2, 0.25) is 0 Å². The van der Waals surface area contributed by atoms with Crippen LogP contribution in [0.3, 0.4) is 0 Å². The van der Waals surface area contributed by atoms with E-state index in [1.165, 1.54) is 36.2 Å². The fourth-order valence-corrected chi connectivity index (χ4v) is 2.68. The molecule has 0 saturated carbocycles. The highest BCUT2D eigenvalue weighted by molar-refractivity contribution is 5.46. The summed E-state index contributed by atoms with van der Waals surface area (Å²) in [6, 6.07) is 6.58. The van der Waals surface area contributed by atoms with Crippen molar-refractivity contribution in [2.24, 2.45) is 0 Å². The number of rotatable bonds is 5. The van der Waals surface area contributed by atoms with Crippen molar-refractivity contribution in [1.82, 2.24) is 15.1 Å². The minimum Gasteiger partial charge on any atom is -0.355 e. The first-order valence-electron chi connectivity index (χ1n) is 7.35. The number of hydrogen-bond acceptors (Lipinski definition) is 3. The maximum absolute atomic E-state index is 10.4. The van der Waals surface area contributed by atoms with E-state index in [1.54, 1.807) is 0 Å². The predicted octanol–water partition coefficient (Wildman–Crippen LogP) is 1.38. The summed E-state index contributed by atoms with van der Waals surface area (Å²) in [6.07, 6.45) is 2.00. The van der Waals surface area contributed by atoms with Crippen LogP contribution in [-0.4, -0.2) is 49.4 Å². The van der Waals surface area contributed by atoms with E-state index in [4.69, 9.17) is 0 Å². The smallest absolute Gasteiger partial charge is 0.207 e. The third-order valence-electron chi connectivity index (χ3n) is 4.01. The zero-order valence-corrected chi connectivity index (χ0v) is 12.6. The lowest BCUT2D eigenvalue weighted by atomic mass is 10.0. The Morgan fingerprint density at radius 3 is 2.90 bits per heavy atom. The molecule has 1 fully saturated rings. The Morgan fingerprint density at radius 2 is 2.10 bits per heavy atom. The first-order valence-corrected chi connectivity index (χ1v) is 7.35. The van der Waals surface area contributed by atoms with Crippen molar-refractivity contribution in [2.45, 2.75) is 26.4 Å². The minimum absolute atomic E-state index is 0.617. The molecule has 0 aromatic heterocycles. The maximum atomic E-state index is 10.4. The van der Waals surface area contributed by atoms with Gasteiger partial charge in [-0.3, -0.25) is 9.69 Å². The summed E-state index contributed by atoms with van der Waals surface area (Å²) in [5.41, 5.74) is 3.78. The fourth-order valence-electron chi connectivity index (χ4n) is 2.68. The van der Waals surface area contributed by atoms with Gasteiger partial charge in [0.1, 0.15) is 0 Å². The van der Waals surface area contributed by atoms with Crippen LogP contribution >= 0.6 is 0 Å². The second-order valence-corrected chi connectivity index (χ2v) is 5.69. The molecule has 1 aromatic carbocycles. The largest absolute Gasteiger partial charge is 0.355 e. The van der Waals surface area contributed by atoms with Gasteiger partial charge in [-0.05, 0) is 50.2 Å². The van der Waals surface area contributed by atoms with Gasteiger partial charge < -0.3 is 10.2 Å². The molecule has 4 heteroatoms. The Bertz CT molecular complexity index is 447. The lowest BCUT2D eigenvalue weighted by molar-refractivity contribution is -0.109. The average molecular weight is 275 g/mol. The highest BCUT2D eigenvalue weighted by Crippen LogP contribution is 2.14. The molecule has 1 aromatic rings. The van der Waals surface area contributed by atoms with E-state index in [0.717, 1.165) is 26.0 Å². The lowest BCUT2D eigenvalue weighted by Crippen LogP contribution is -2.28. The maximum Gasteiger partial charge on any atom is 0.207 e. The zero-order chi connectivity index (χ0) is 14.4. The SMILES string of the molecule is Cc1ccc(CN2CCCN(C)CC2)cc1CNC=O. The summed E-state index contributed by atoms with van der Waals surface area (Å²) < 4.78 is 0. The zero-order valence-electron chi connectivity index (χ0n) is 12.6. The first kappa shape index (κ1) is 15.0. The number of nitrogens with zero attached hydrogens (tertiary/aromatic N) is 2. The Kier molecular flexibility index (Phi) is 5.56. The molecule has 0 aliphatic carbocycles. The number of amides is 1. The first-order chi connectivity index (χ1) is 9.69. The standard InChI is InChI=1S/C16H25N3O/c1-14-4-5-15(10-16(14)11-17-13-20)12-19-7-3-6-18(2)8-9-19/h4-5,10,13H,3,6-9,11-12H2,1-2H3,(H,17,20). The molecule has 0 bridgehead atoms. The van der Waals surface area contributed by atoms with E-state index < -0.39 is 0 Å². The number of benzene rings is 1. The van der Waals surface area contributed by atoms with Gasteiger partial charge in [-0.15, -0.1) is 0 Å². The van der Waals surface area contributed by atoms with Crippen molar-refractivity contribution in [1.29, 1.82) is 0 Å². The van der Waals surface area contributed by atoms with Gasteiger partial charge in [-0.25, -0.2) is 0 Å². The Labute approximate surface area is 121 Å². The molecule has 0 spiro atoms. The Balaban J connectivity index is 1.99. The number of carbonyl (C=O) groups excluding carboxylic acids is 1. The third kappa shape index (κ3) is 4.32. The fraction of sp³-hybridized carbons (Fsp3) is 0.562. The quantitative estimate of drug-likeness (QED) is 0.825. The molecule has 2 rings (SSSR count). The predicted molar refractivity (Wildman–Crippen MR) is 81.5 cm³/mol. The van der Waals surface area contributed by atoms with Crippen LogP contribution in [0.15, 0.2) is 18.2 Å². The van der Waals surface area contributed by atoms with Crippen LogP contribution in [-0.2, 0) is 17.9 Å². The topological polar surface area (TPSA) is 35.6 Å². The van der Waals surface area contributed by atoms with Gasteiger partial charge >= 0.3 is 0 Å². The molecule has 1 heterocycles. The highest BCUT2D eigenvalue weighted by Gasteiger charge is 2.12.